The quantitative estimate of drug-likeness (QED) is 0.604. The van der Waals surface area contributed by atoms with Gasteiger partial charge in [0.05, 0.1) is 17.1 Å². The minimum absolute atomic E-state index is 0.242. The molecule has 0 fully saturated rings. The topological polar surface area (TPSA) is 81.8 Å². The molecule has 0 saturated heterocycles. The van der Waals surface area contributed by atoms with Crippen LogP contribution in [0.25, 0.3) is 10.9 Å². The van der Waals surface area contributed by atoms with Gasteiger partial charge in [-0.1, -0.05) is 12.1 Å². The molecule has 3 rings (SSSR count). The Bertz CT molecular complexity index is 1030. The van der Waals surface area contributed by atoms with Crippen LogP contribution in [-0.2, 0) is 6.61 Å². The zero-order valence-corrected chi connectivity index (χ0v) is 16.4. The Kier molecular flexibility index (Phi) is 6.03. The number of aromatic nitrogens is 1. The molecule has 0 aliphatic carbocycles. The van der Waals surface area contributed by atoms with Crippen LogP contribution in [0.3, 0.4) is 0 Å². The van der Waals surface area contributed by atoms with E-state index in [-0.39, 0.29) is 6.04 Å². The molecule has 0 bridgehead atoms. The molecule has 1 atom stereocenters. The van der Waals surface area contributed by atoms with E-state index in [1.165, 1.54) is 0 Å². The summed E-state index contributed by atoms with van der Waals surface area (Å²) in [6.07, 6.45) is 0.659. The number of nitriles is 1. The highest BCUT2D eigenvalue weighted by Gasteiger charge is 2.12. The average molecular weight is 372 g/mol. The van der Waals surface area contributed by atoms with Crippen molar-refractivity contribution in [3.05, 3.63) is 70.9 Å². The monoisotopic (exact) mass is 372 g/mol. The van der Waals surface area contributed by atoms with Gasteiger partial charge in [-0.2, -0.15) is 5.26 Å². The first-order valence-corrected chi connectivity index (χ1v) is 9.28. The van der Waals surface area contributed by atoms with Crippen molar-refractivity contribution in [2.75, 3.05) is 7.05 Å². The van der Waals surface area contributed by atoms with E-state index in [1.54, 1.807) is 12.1 Å². The van der Waals surface area contributed by atoms with Gasteiger partial charge in [-0.3, -0.25) is 4.98 Å². The standard InChI is InChI=1S/C23H24N4O/c1-15(26-3)11-22(25)21-10-16(2)27-23-12-19(8-9-20(21)23)28-14-18-6-4-17(13-24)5-7-18/h4-10,12,15,25-26H,11,14H2,1-3H3/t15-/m1/s1. The van der Waals surface area contributed by atoms with Gasteiger partial charge >= 0.3 is 0 Å². The average Bonchev–Trinajstić information content (AvgIpc) is 2.71. The van der Waals surface area contributed by atoms with Crippen molar-refractivity contribution in [3.63, 3.8) is 0 Å². The SMILES string of the molecule is CN[C@H](C)CC(=N)c1cc(C)nc2cc(OCc3ccc(C#N)cc3)ccc12. The van der Waals surface area contributed by atoms with Crippen molar-refractivity contribution in [3.8, 4) is 11.8 Å². The third-order valence-corrected chi connectivity index (χ3v) is 4.73. The summed E-state index contributed by atoms with van der Waals surface area (Å²) in [5.74, 6) is 0.732. The first-order valence-electron chi connectivity index (χ1n) is 9.28. The lowest BCUT2D eigenvalue weighted by molar-refractivity contribution is 0.306. The molecule has 2 aromatic carbocycles. The number of hydrogen-bond acceptors (Lipinski definition) is 5. The smallest absolute Gasteiger partial charge is 0.122 e. The summed E-state index contributed by atoms with van der Waals surface area (Å²) in [5, 5.41) is 21.5. The molecule has 5 nitrogen and oxygen atoms in total. The molecule has 0 aliphatic rings. The summed E-state index contributed by atoms with van der Waals surface area (Å²) in [5.41, 5.74) is 4.87. The fraction of sp³-hybridized carbons (Fsp3) is 0.261. The highest BCUT2D eigenvalue weighted by Crippen LogP contribution is 2.25. The van der Waals surface area contributed by atoms with Crippen LogP contribution in [0.5, 0.6) is 5.75 Å². The van der Waals surface area contributed by atoms with E-state index in [4.69, 9.17) is 15.4 Å². The second-order valence-electron chi connectivity index (χ2n) is 6.96. The van der Waals surface area contributed by atoms with E-state index in [2.05, 4.69) is 23.3 Å². The van der Waals surface area contributed by atoms with Crippen LogP contribution >= 0.6 is 0 Å². The molecular formula is C23H24N4O. The van der Waals surface area contributed by atoms with E-state index in [0.29, 0.717) is 24.3 Å². The van der Waals surface area contributed by atoms with E-state index in [9.17, 15) is 0 Å². The molecule has 0 spiro atoms. The normalized spacial score (nSPS) is 11.8. The van der Waals surface area contributed by atoms with Gasteiger partial charge in [-0.25, -0.2) is 0 Å². The van der Waals surface area contributed by atoms with Gasteiger partial charge in [0.2, 0.25) is 0 Å². The van der Waals surface area contributed by atoms with Crippen molar-refractivity contribution < 1.29 is 4.74 Å². The number of ether oxygens (including phenoxy) is 1. The van der Waals surface area contributed by atoms with E-state index >= 15 is 0 Å². The predicted molar refractivity (Wildman–Crippen MR) is 112 cm³/mol. The first-order chi connectivity index (χ1) is 13.5. The van der Waals surface area contributed by atoms with Crippen molar-refractivity contribution in [2.45, 2.75) is 32.9 Å². The first kappa shape index (κ1) is 19.5. The summed E-state index contributed by atoms with van der Waals surface area (Å²) in [6.45, 7) is 4.44. The van der Waals surface area contributed by atoms with Gasteiger partial charge < -0.3 is 15.5 Å². The Balaban J connectivity index is 1.82. The Morgan fingerprint density at radius 2 is 1.96 bits per heavy atom. The zero-order chi connectivity index (χ0) is 20.1. The fourth-order valence-electron chi connectivity index (χ4n) is 3.04. The molecule has 1 heterocycles. The van der Waals surface area contributed by atoms with Gasteiger partial charge in [0.1, 0.15) is 12.4 Å². The molecule has 0 radical (unpaired) electrons. The summed E-state index contributed by atoms with van der Waals surface area (Å²) >= 11 is 0. The van der Waals surface area contributed by atoms with Crippen LogP contribution in [0.15, 0.2) is 48.5 Å². The number of hydrogen-bond donors (Lipinski definition) is 2. The predicted octanol–water partition coefficient (Wildman–Crippen LogP) is 4.36. The molecule has 3 aromatic rings. The summed E-state index contributed by atoms with van der Waals surface area (Å²) in [4.78, 5) is 4.63. The minimum atomic E-state index is 0.242. The second kappa shape index (κ2) is 8.64. The number of benzene rings is 2. The summed E-state index contributed by atoms with van der Waals surface area (Å²) in [7, 11) is 1.91. The summed E-state index contributed by atoms with van der Waals surface area (Å²) in [6, 6.07) is 17.5. The van der Waals surface area contributed by atoms with Crippen LogP contribution in [0, 0.1) is 23.7 Å². The molecule has 28 heavy (non-hydrogen) atoms. The Hall–Kier alpha value is -3.23. The van der Waals surface area contributed by atoms with Gasteiger partial charge in [0.15, 0.2) is 0 Å². The van der Waals surface area contributed by atoms with Crippen LogP contribution in [0.2, 0.25) is 0 Å². The maximum absolute atomic E-state index is 8.88. The number of nitrogens with one attached hydrogen (secondary N) is 2. The second-order valence-corrected chi connectivity index (χ2v) is 6.96. The molecule has 0 aliphatic heterocycles. The Morgan fingerprint density at radius 1 is 1.21 bits per heavy atom. The molecule has 142 valence electrons. The summed E-state index contributed by atoms with van der Waals surface area (Å²) < 4.78 is 5.91. The Labute approximate surface area is 165 Å². The van der Waals surface area contributed by atoms with Crippen molar-refractivity contribution in [1.82, 2.24) is 10.3 Å². The third kappa shape index (κ3) is 4.54. The maximum Gasteiger partial charge on any atom is 0.122 e. The lowest BCUT2D eigenvalue weighted by atomic mass is 9.99. The lowest BCUT2D eigenvalue weighted by Gasteiger charge is -2.14. The molecule has 2 N–H and O–H groups in total. The molecule has 0 unspecified atom stereocenters. The highest BCUT2D eigenvalue weighted by molar-refractivity contribution is 6.09. The number of aryl methyl sites for hydroxylation is 1. The van der Waals surface area contributed by atoms with Crippen molar-refractivity contribution in [2.24, 2.45) is 0 Å². The molecule has 5 heteroatoms. The third-order valence-electron chi connectivity index (χ3n) is 4.73. The largest absolute Gasteiger partial charge is 0.489 e. The number of nitrogens with zero attached hydrogens (tertiary/aromatic N) is 2. The number of fused-ring (bicyclic) bond motifs is 1. The molecular weight excluding hydrogens is 348 g/mol. The van der Waals surface area contributed by atoms with E-state index in [1.807, 2.05) is 50.4 Å². The zero-order valence-electron chi connectivity index (χ0n) is 16.4. The Morgan fingerprint density at radius 3 is 2.64 bits per heavy atom. The van der Waals surface area contributed by atoms with Gasteiger partial charge in [0, 0.05) is 40.9 Å². The van der Waals surface area contributed by atoms with Crippen LogP contribution < -0.4 is 10.1 Å². The van der Waals surface area contributed by atoms with Crippen LogP contribution in [-0.4, -0.2) is 23.8 Å². The molecule has 0 amide bonds. The lowest BCUT2D eigenvalue weighted by Crippen LogP contribution is -2.24. The van der Waals surface area contributed by atoms with Crippen molar-refractivity contribution in [1.29, 1.82) is 10.7 Å². The number of pyridine rings is 1. The molecule has 1 aromatic heterocycles. The highest BCUT2D eigenvalue weighted by atomic mass is 16.5. The van der Waals surface area contributed by atoms with E-state index < -0.39 is 0 Å². The fourth-order valence-corrected chi connectivity index (χ4v) is 3.04. The van der Waals surface area contributed by atoms with Gasteiger partial charge in [0.25, 0.3) is 0 Å². The van der Waals surface area contributed by atoms with Gasteiger partial charge in [-0.05, 0) is 56.8 Å². The maximum atomic E-state index is 8.88. The van der Waals surface area contributed by atoms with Gasteiger partial charge in [-0.15, -0.1) is 0 Å². The number of rotatable bonds is 7. The minimum Gasteiger partial charge on any atom is -0.489 e. The molecule has 0 saturated carbocycles. The van der Waals surface area contributed by atoms with Crippen LogP contribution in [0.1, 0.15) is 35.7 Å². The van der Waals surface area contributed by atoms with E-state index in [0.717, 1.165) is 33.5 Å². The van der Waals surface area contributed by atoms with Crippen molar-refractivity contribution >= 4 is 16.6 Å². The van der Waals surface area contributed by atoms with Crippen LogP contribution in [0.4, 0.5) is 0 Å².